The van der Waals surface area contributed by atoms with Crippen LogP contribution in [-0.2, 0) is 24.9 Å². The van der Waals surface area contributed by atoms with E-state index in [0.717, 1.165) is 30.3 Å². The van der Waals surface area contributed by atoms with Crippen LogP contribution < -0.4 is 5.32 Å². The molecule has 1 aliphatic rings. The highest BCUT2D eigenvalue weighted by Crippen LogP contribution is 2.24. The summed E-state index contributed by atoms with van der Waals surface area (Å²) in [6.45, 7) is 8.35. The number of fused-ring (bicyclic) bond motifs is 1. The van der Waals surface area contributed by atoms with Gasteiger partial charge in [0.05, 0.1) is 17.8 Å². The summed E-state index contributed by atoms with van der Waals surface area (Å²) in [4.78, 5) is 0. The average molecular weight is 290 g/mol. The van der Waals surface area contributed by atoms with Crippen LogP contribution in [0.4, 0.5) is 0 Å². The Hall–Kier alpha value is -1.73. The first-order valence-corrected chi connectivity index (χ1v) is 7.22. The highest BCUT2D eigenvalue weighted by molar-refractivity contribution is 5.21. The first-order valence-electron chi connectivity index (χ1n) is 7.22. The summed E-state index contributed by atoms with van der Waals surface area (Å²) in [6.07, 6.45) is 3.88. The van der Waals surface area contributed by atoms with Crippen LogP contribution in [0.15, 0.2) is 12.4 Å². The molecule has 21 heavy (non-hydrogen) atoms. The third kappa shape index (κ3) is 2.98. The molecule has 1 aliphatic heterocycles. The number of hydrogen-bond donors (Lipinski definition) is 1. The van der Waals surface area contributed by atoms with E-state index in [1.54, 1.807) is 4.68 Å². The maximum atomic E-state index is 5.82. The van der Waals surface area contributed by atoms with Crippen molar-refractivity contribution in [1.29, 1.82) is 0 Å². The van der Waals surface area contributed by atoms with Crippen LogP contribution in [0.5, 0.6) is 0 Å². The van der Waals surface area contributed by atoms with Crippen molar-refractivity contribution < 1.29 is 4.74 Å². The number of rotatable bonds is 3. The summed E-state index contributed by atoms with van der Waals surface area (Å²) in [6, 6.07) is 0.0448. The second kappa shape index (κ2) is 5.23. The monoisotopic (exact) mass is 290 g/mol. The van der Waals surface area contributed by atoms with Crippen molar-refractivity contribution in [3.8, 4) is 0 Å². The van der Waals surface area contributed by atoms with Gasteiger partial charge in [0.2, 0.25) is 0 Å². The molecule has 0 spiro atoms. The van der Waals surface area contributed by atoms with Crippen molar-refractivity contribution in [2.75, 3.05) is 6.54 Å². The lowest BCUT2D eigenvalue weighted by atomic mass is 10.1. The largest absolute Gasteiger partial charge is 0.368 e. The number of aryl methyl sites for hydroxylation is 1. The molecule has 7 heteroatoms. The summed E-state index contributed by atoms with van der Waals surface area (Å²) in [7, 11) is 1.92. The highest BCUT2D eigenvalue weighted by atomic mass is 16.5. The van der Waals surface area contributed by atoms with Gasteiger partial charge in [-0.3, -0.25) is 4.68 Å². The van der Waals surface area contributed by atoms with E-state index in [2.05, 4.69) is 25.2 Å². The van der Waals surface area contributed by atoms with E-state index in [-0.39, 0.29) is 11.6 Å². The molecule has 7 nitrogen and oxygen atoms in total. The van der Waals surface area contributed by atoms with Gasteiger partial charge in [-0.15, -0.1) is 10.2 Å². The van der Waals surface area contributed by atoms with Crippen molar-refractivity contribution in [3.05, 3.63) is 29.6 Å². The van der Waals surface area contributed by atoms with Gasteiger partial charge in [-0.05, 0) is 20.8 Å². The van der Waals surface area contributed by atoms with E-state index in [4.69, 9.17) is 4.74 Å². The van der Waals surface area contributed by atoms with E-state index < -0.39 is 0 Å². The molecule has 2 aromatic heterocycles. The smallest absolute Gasteiger partial charge is 0.159 e. The van der Waals surface area contributed by atoms with E-state index in [9.17, 15) is 0 Å². The van der Waals surface area contributed by atoms with E-state index >= 15 is 0 Å². The molecule has 1 N–H and O–H groups in total. The second-order valence-electron chi connectivity index (χ2n) is 6.36. The predicted molar refractivity (Wildman–Crippen MR) is 77.6 cm³/mol. The maximum Gasteiger partial charge on any atom is 0.159 e. The van der Waals surface area contributed by atoms with Gasteiger partial charge in [-0.25, -0.2) is 0 Å². The number of hydrogen-bond acceptors (Lipinski definition) is 5. The minimum Gasteiger partial charge on any atom is -0.368 e. The Balaban J connectivity index is 1.85. The standard InChI is InChI=1S/C14H22N6O/c1-14(2,3)21-9-11-17-18-13-12(15-5-6-20(11)13)10-7-16-19(4)8-10/h7-8,12,15H,5-6,9H2,1-4H3. The summed E-state index contributed by atoms with van der Waals surface area (Å²) in [5.41, 5.74) is 0.927. The zero-order chi connectivity index (χ0) is 15.0. The lowest BCUT2D eigenvalue weighted by molar-refractivity contribution is -0.0196. The van der Waals surface area contributed by atoms with Crippen LogP contribution in [0.2, 0.25) is 0 Å². The van der Waals surface area contributed by atoms with E-state index in [1.807, 2.05) is 40.2 Å². The third-order valence-corrected chi connectivity index (χ3v) is 3.49. The maximum absolute atomic E-state index is 5.82. The zero-order valence-corrected chi connectivity index (χ0v) is 13.0. The van der Waals surface area contributed by atoms with Crippen molar-refractivity contribution in [2.24, 2.45) is 7.05 Å². The lowest BCUT2D eigenvalue weighted by Crippen LogP contribution is -2.35. The van der Waals surface area contributed by atoms with Crippen LogP contribution in [0, 0.1) is 0 Å². The van der Waals surface area contributed by atoms with Gasteiger partial charge in [0, 0.05) is 31.9 Å². The highest BCUT2D eigenvalue weighted by Gasteiger charge is 2.27. The summed E-state index contributed by atoms with van der Waals surface area (Å²) >= 11 is 0. The molecule has 2 aromatic rings. The van der Waals surface area contributed by atoms with E-state index in [1.165, 1.54) is 0 Å². The minimum absolute atomic E-state index is 0.0448. The Morgan fingerprint density at radius 1 is 1.38 bits per heavy atom. The Morgan fingerprint density at radius 3 is 2.86 bits per heavy atom. The molecular weight excluding hydrogens is 268 g/mol. The van der Waals surface area contributed by atoms with Crippen LogP contribution in [0.25, 0.3) is 0 Å². The van der Waals surface area contributed by atoms with Crippen molar-refractivity contribution >= 4 is 0 Å². The van der Waals surface area contributed by atoms with Gasteiger partial charge in [0.15, 0.2) is 11.6 Å². The molecule has 1 atom stereocenters. The minimum atomic E-state index is -0.179. The normalized spacial score (nSPS) is 18.8. The zero-order valence-electron chi connectivity index (χ0n) is 13.0. The van der Waals surface area contributed by atoms with Crippen LogP contribution in [0.1, 0.15) is 44.0 Å². The van der Waals surface area contributed by atoms with Gasteiger partial charge >= 0.3 is 0 Å². The number of nitrogens with one attached hydrogen (secondary N) is 1. The number of ether oxygens (including phenoxy) is 1. The molecular formula is C14H22N6O. The van der Waals surface area contributed by atoms with Crippen LogP contribution >= 0.6 is 0 Å². The average Bonchev–Trinajstić information content (AvgIpc) is 3.01. The van der Waals surface area contributed by atoms with Gasteiger partial charge in [-0.1, -0.05) is 0 Å². The molecule has 1 unspecified atom stereocenters. The van der Waals surface area contributed by atoms with Crippen LogP contribution in [0.3, 0.4) is 0 Å². The molecule has 0 fully saturated rings. The third-order valence-electron chi connectivity index (χ3n) is 3.49. The van der Waals surface area contributed by atoms with Gasteiger partial charge in [0.1, 0.15) is 6.61 Å². The summed E-state index contributed by atoms with van der Waals surface area (Å²) < 4.78 is 9.78. The van der Waals surface area contributed by atoms with Gasteiger partial charge < -0.3 is 14.6 Å². The van der Waals surface area contributed by atoms with Crippen molar-refractivity contribution in [1.82, 2.24) is 29.9 Å². The van der Waals surface area contributed by atoms with Crippen LogP contribution in [-0.4, -0.2) is 36.7 Å². The Kier molecular flexibility index (Phi) is 3.54. The second-order valence-corrected chi connectivity index (χ2v) is 6.36. The molecule has 0 saturated carbocycles. The molecule has 0 bridgehead atoms. The first kappa shape index (κ1) is 14.2. The summed E-state index contributed by atoms with van der Waals surface area (Å²) in [5, 5.41) is 16.4. The Morgan fingerprint density at radius 2 is 2.19 bits per heavy atom. The molecule has 0 aliphatic carbocycles. The fraction of sp³-hybridized carbons (Fsp3) is 0.643. The number of nitrogens with zero attached hydrogens (tertiary/aromatic N) is 5. The van der Waals surface area contributed by atoms with Crippen molar-refractivity contribution in [2.45, 2.75) is 45.6 Å². The van der Waals surface area contributed by atoms with Gasteiger partial charge in [-0.2, -0.15) is 5.10 Å². The predicted octanol–water partition coefficient (Wildman–Crippen LogP) is 1.02. The SMILES string of the molecule is Cn1cc(C2NCCn3c(COC(C)(C)C)nnc32)cn1. The Bertz CT molecular complexity index is 624. The number of aromatic nitrogens is 5. The van der Waals surface area contributed by atoms with E-state index in [0.29, 0.717) is 6.61 Å². The molecule has 114 valence electrons. The summed E-state index contributed by atoms with van der Waals surface area (Å²) in [5.74, 6) is 1.82. The fourth-order valence-electron chi connectivity index (χ4n) is 2.46. The molecule has 3 heterocycles. The topological polar surface area (TPSA) is 69.8 Å². The molecule has 0 radical (unpaired) electrons. The van der Waals surface area contributed by atoms with Gasteiger partial charge in [0.25, 0.3) is 0 Å². The van der Waals surface area contributed by atoms with Crippen molar-refractivity contribution in [3.63, 3.8) is 0 Å². The quantitative estimate of drug-likeness (QED) is 0.914. The lowest BCUT2D eigenvalue weighted by Gasteiger charge is -2.25. The Labute approximate surface area is 124 Å². The first-order chi connectivity index (χ1) is 9.94. The molecule has 0 saturated heterocycles. The molecule has 0 amide bonds. The molecule has 0 aromatic carbocycles. The fourth-order valence-corrected chi connectivity index (χ4v) is 2.46. The molecule has 3 rings (SSSR count).